The first kappa shape index (κ1) is 13.9. The fourth-order valence-electron chi connectivity index (χ4n) is 3.77. The molecule has 0 aromatic heterocycles. The number of rotatable bonds is 9. The van der Waals surface area contributed by atoms with E-state index in [-0.39, 0.29) is 0 Å². The molecule has 1 unspecified atom stereocenters. The highest BCUT2D eigenvalue weighted by Crippen LogP contribution is 2.36. The van der Waals surface area contributed by atoms with Gasteiger partial charge in [0.2, 0.25) is 0 Å². The van der Waals surface area contributed by atoms with Crippen molar-refractivity contribution in [3.63, 3.8) is 0 Å². The van der Waals surface area contributed by atoms with Crippen molar-refractivity contribution in [3.05, 3.63) is 0 Å². The Morgan fingerprint density at radius 3 is 2.37 bits per heavy atom. The number of hydrogen-bond donors (Lipinski definition) is 1. The molecule has 0 radical (unpaired) electrons. The van der Waals surface area contributed by atoms with Crippen LogP contribution in [-0.4, -0.2) is 36.6 Å². The van der Waals surface area contributed by atoms with Crippen molar-refractivity contribution >= 4 is 0 Å². The molecular formula is C17H32N2. The van der Waals surface area contributed by atoms with E-state index in [4.69, 9.17) is 0 Å². The van der Waals surface area contributed by atoms with Crippen LogP contribution in [0.2, 0.25) is 0 Å². The van der Waals surface area contributed by atoms with Gasteiger partial charge in [-0.2, -0.15) is 0 Å². The second-order valence-electron chi connectivity index (χ2n) is 7.23. The monoisotopic (exact) mass is 264 g/mol. The summed E-state index contributed by atoms with van der Waals surface area (Å²) >= 11 is 0. The van der Waals surface area contributed by atoms with Gasteiger partial charge >= 0.3 is 0 Å². The highest BCUT2D eigenvalue weighted by molar-refractivity contribution is 4.92. The lowest BCUT2D eigenvalue weighted by molar-refractivity contribution is 0.193. The molecule has 1 N–H and O–H groups in total. The zero-order valence-corrected chi connectivity index (χ0v) is 12.7. The Morgan fingerprint density at radius 1 is 1.05 bits per heavy atom. The highest BCUT2D eigenvalue weighted by atomic mass is 15.2. The van der Waals surface area contributed by atoms with E-state index in [1.165, 1.54) is 77.4 Å². The summed E-state index contributed by atoms with van der Waals surface area (Å²) in [6.07, 6.45) is 13.1. The molecule has 3 aliphatic rings. The van der Waals surface area contributed by atoms with Crippen LogP contribution in [0.25, 0.3) is 0 Å². The van der Waals surface area contributed by atoms with Gasteiger partial charge < -0.3 is 5.32 Å². The van der Waals surface area contributed by atoms with Crippen LogP contribution < -0.4 is 5.32 Å². The maximum atomic E-state index is 3.88. The summed E-state index contributed by atoms with van der Waals surface area (Å²) < 4.78 is 0. The molecule has 0 heterocycles. The van der Waals surface area contributed by atoms with Gasteiger partial charge in [-0.3, -0.25) is 4.90 Å². The summed E-state index contributed by atoms with van der Waals surface area (Å²) in [4.78, 5) is 2.85. The summed E-state index contributed by atoms with van der Waals surface area (Å²) in [6, 6.07) is 1.73. The molecule has 110 valence electrons. The molecule has 2 nitrogen and oxygen atoms in total. The molecule has 3 rings (SSSR count). The third-order valence-corrected chi connectivity index (χ3v) is 5.31. The molecule has 0 aromatic carbocycles. The number of nitrogens with one attached hydrogen (secondary N) is 1. The van der Waals surface area contributed by atoms with Crippen LogP contribution in [0.5, 0.6) is 0 Å². The van der Waals surface area contributed by atoms with Crippen molar-refractivity contribution in [1.29, 1.82) is 0 Å². The van der Waals surface area contributed by atoms with Crippen molar-refractivity contribution < 1.29 is 0 Å². The third-order valence-electron chi connectivity index (χ3n) is 5.31. The average molecular weight is 264 g/mol. The minimum Gasteiger partial charge on any atom is -0.312 e. The molecule has 19 heavy (non-hydrogen) atoms. The first-order chi connectivity index (χ1) is 9.36. The van der Waals surface area contributed by atoms with Gasteiger partial charge in [-0.1, -0.05) is 19.8 Å². The van der Waals surface area contributed by atoms with Gasteiger partial charge in [-0.25, -0.2) is 0 Å². The first-order valence-electron chi connectivity index (χ1n) is 8.84. The predicted octanol–water partition coefficient (Wildman–Crippen LogP) is 3.42. The second-order valence-corrected chi connectivity index (χ2v) is 7.23. The summed E-state index contributed by atoms with van der Waals surface area (Å²) in [5.74, 6) is 2.02. The Labute approximate surface area is 119 Å². The van der Waals surface area contributed by atoms with E-state index < -0.39 is 0 Å². The topological polar surface area (TPSA) is 15.3 Å². The van der Waals surface area contributed by atoms with Crippen LogP contribution in [-0.2, 0) is 0 Å². The van der Waals surface area contributed by atoms with E-state index in [1.807, 2.05) is 0 Å². The van der Waals surface area contributed by atoms with Crippen LogP contribution in [0.15, 0.2) is 0 Å². The maximum Gasteiger partial charge on any atom is 0.0223 e. The Morgan fingerprint density at radius 2 is 1.79 bits per heavy atom. The largest absolute Gasteiger partial charge is 0.312 e. The van der Waals surface area contributed by atoms with Crippen molar-refractivity contribution in [2.24, 2.45) is 11.8 Å². The molecule has 2 heteroatoms. The molecule has 0 bridgehead atoms. The lowest BCUT2D eigenvalue weighted by Gasteiger charge is -2.32. The van der Waals surface area contributed by atoms with E-state index in [0.29, 0.717) is 0 Å². The molecule has 0 amide bonds. The summed E-state index contributed by atoms with van der Waals surface area (Å²) in [5, 5.41) is 3.88. The zero-order valence-electron chi connectivity index (χ0n) is 12.7. The Hall–Kier alpha value is -0.0800. The molecule has 3 aliphatic carbocycles. The number of hydrogen-bond acceptors (Lipinski definition) is 2. The van der Waals surface area contributed by atoms with E-state index in [1.54, 1.807) is 0 Å². The molecule has 0 saturated heterocycles. The standard InChI is InChI=1S/C17H32N2/c1-2-11-18-17(15-5-3-4-6-15)13-19(16-9-10-16)12-14-7-8-14/h14-18H,2-13H2,1H3. The van der Waals surface area contributed by atoms with E-state index in [2.05, 4.69) is 17.1 Å². The second kappa shape index (κ2) is 6.58. The van der Waals surface area contributed by atoms with Crippen LogP contribution in [0.1, 0.15) is 64.7 Å². The van der Waals surface area contributed by atoms with Crippen LogP contribution in [0, 0.1) is 11.8 Å². The molecule has 0 aromatic rings. The van der Waals surface area contributed by atoms with Gasteiger partial charge in [0, 0.05) is 25.2 Å². The van der Waals surface area contributed by atoms with Crippen LogP contribution in [0.3, 0.4) is 0 Å². The fourth-order valence-corrected chi connectivity index (χ4v) is 3.77. The fraction of sp³-hybridized carbons (Fsp3) is 1.00. The van der Waals surface area contributed by atoms with Gasteiger partial charge in [-0.05, 0) is 63.3 Å². The van der Waals surface area contributed by atoms with Gasteiger partial charge in [0.25, 0.3) is 0 Å². The van der Waals surface area contributed by atoms with Crippen molar-refractivity contribution in [1.82, 2.24) is 10.2 Å². The van der Waals surface area contributed by atoms with Crippen LogP contribution in [0.4, 0.5) is 0 Å². The first-order valence-corrected chi connectivity index (χ1v) is 8.84. The van der Waals surface area contributed by atoms with Gasteiger partial charge in [-0.15, -0.1) is 0 Å². The lowest BCUT2D eigenvalue weighted by Crippen LogP contribution is -2.46. The SMILES string of the molecule is CCCNC(CN(CC1CC1)C1CC1)C1CCCC1. The van der Waals surface area contributed by atoms with Gasteiger partial charge in [0.1, 0.15) is 0 Å². The van der Waals surface area contributed by atoms with Crippen molar-refractivity contribution in [2.45, 2.75) is 76.8 Å². The maximum absolute atomic E-state index is 3.88. The van der Waals surface area contributed by atoms with Crippen molar-refractivity contribution in [2.75, 3.05) is 19.6 Å². The normalized spacial score (nSPS) is 26.2. The molecule has 3 saturated carbocycles. The van der Waals surface area contributed by atoms with Crippen molar-refractivity contribution in [3.8, 4) is 0 Å². The quantitative estimate of drug-likeness (QED) is 0.686. The Balaban J connectivity index is 1.53. The third kappa shape index (κ3) is 4.19. The highest BCUT2D eigenvalue weighted by Gasteiger charge is 2.36. The van der Waals surface area contributed by atoms with E-state index in [9.17, 15) is 0 Å². The minimum absolute atomic E-state index is 0.779. The molecule has 0 spiro atoms. The predicted molar refractivity (Wildman–Crippen MR) is 81.4 cm³/mol. The number of nitrogens with zero attached hydrogens (tertiary/aromatic N) is 1. The van der Waals surface area contributed by atoms with E-state index in [0.717, 1.165) is 23.9 Å². The van der Waals surface area contributed by atoms with E-state index >= 15 is 0 Å². The smallest absolute Gasteiger partial charge is 0.0223 e. The zero-order chi connectivity index (χ0) is 13.1. The molecule has 3 fully saturated rings. The van der Waals surface area contributed by atoms with Crippen LogP contribution >= 0.6 is 0 Å². The Kier molecular flexibility index (Phi) is 4.81. The summed E-state index contributed by atoms with van der Waals surface area (Å²) in [5.41, 5.74) is 0. The molecule has 1 atom stereocenters. The average Bonchev–Trinajstić information content (AvgIpc) is 3.33. The molecule has 0 aliphatic heterocycles. The minimum atomic E-state index is 0.779. The summed E-state index contributed by atoms with van der Waals surface area (Å²) in [6.45, 7) is 6.25. The Bertz CT molecular complexity index is 264. The lowest BCUT2D eigenvalue weighted by atomic mass is 9.97. The van der Waals surface area contributed by atoms with Gasteiger partial charge in [0.05, 0.1) is 0 Å². The summed E-state index contributed by atoms with van der Waals surface area (Å²) in [7, 11) is 0. The molecular weight excluding hydrogens is 232 g/mol. The van der Waals surface area contributed by atoms with Gasteiger partial charge in [0.15, 0.2) is 0 Å².